The first kappa shape index (κ1) is 18.9. The third-order valence-corrected chi connectivity index (χ3v) is 3.67. The fraction of sp³-hybridized carbons (Fsp3) is 0.625. The number of carbonyl (C=O) groups excluding carboxylic acids is 3. The first-order valence-corrected chi connectivity index (χ1v) is 8.01. The van der Waals surface area contributed by atoms with Gasteiger partial charge in [-0.05, 0) is 25.7 Å². The number of imide groups is 1. The predicted octanol–water partition coefficient (Wildman–Crippen LogP) is 1.23. The Bertz CT molecular complexity index is 469. The molecule has 1 atom stereocenters. The van der Waals surface area contributed by atoms with Gasteiger partial charge >= 0.3 is 5.97 Å². The summed E-state index contributed by atoms with van der Waals surface area (Å²) in [6.07, 6.45) is 6.75. The summed E-state index contributed by atoms with van der Waals surface area (Å²) in [5.41, 5.74) is 0. The molecule has 0 saturated heterocycles. The summed E-state index contributed by atoms with van der Waals surface area (Å²) in [5.74, 6) is -1.99. The maximum absolute atomic E-state index is 11.7. The summed E-state index contributed by atoms with van der Waals surface area (Å²) in [5, 5.41) is 11.7. The van der Waals surface area contributed by atoms with Gasteiger partial charge < -0.3 is 10.4 Å². The van der Waals surface area contributed by atoms with Crippen LogP contribution in [0.5, 0.6) is 0 Å². The van der Waals surface area contributed by atoms with Crippen LogP contribution in [-0.4, -0.2) is 46.3 Å². The number of hydrogen-bond acceptors (Lipinski definition) is 4. The molecular weight excluding hydrogens is 300 g/mol. The van der Waals surface area contributed by atoms with Gasteiger partial charge in [0, 0.05) is 25.1 Å². The molecule has 2 N–H and O–H groups in total. The number of unbranched alkanes of at least 4 members (excludes halogenated alkanes) is 3. The topological polar surface area (TPSA) is 104 Å². The SMILES string of the molecule is CCCCCC(=O)NC(CCCCN1C(=O)C=CC1=O)C(=O)O. The minimum absolute atomic E-state index is 0.250. The zero-order valence-electron chi connectivity index (χ0n) is 13.4. The summed E-state index contributed by atoms with van der Waals surface area (Å²) >= 11 is 0. The Morgan fingerprint density at radius 1 is 1.13 bits per heavy atom. The maximum Gasteiger partial charge on any atom is 0.326 e. The lowest BCUT2D eigenvalue weighted by molar-refractivity contribution is -0.142. The first-order valence-electron chi connectivity index (χ1n) is 8.01. The smallest absolute Gasteiger partial charge is 0.326 e. The summed E-state index contributed by atoms with van der Waals surface area (Å²) in [7, 11) is 0. The van der Waals surface area contributed by atoms with Crippen LogP contribution < -0.4 is 5.32 Å². The van der Waals surface area contributed by atoms with Gasteiger partial charge in [-0.1, -0.05) is 19.8 Å². The van der Waals surface area contributed by atoms with Gasteiger partial charge in [0.05, 0.1) is 0 Å². The molecular formula is C16H24N2O5. The van der Waals surface area contributed by atoms with Gasteiger partial charge in [0.15, 0.2) is 0 Å². The molecule has 1 aliphatic rings. The van der Waals surface area contributed by atoms with Crippen LogP contribution in [-0.2, 0) is 19.2 Å². The number of hydrogen-bond donors (Lipinski definition) is 2. The molecule has 0 spiro atoms. The highest BCUT2D eigenvalue weighted by Gasteiger charge is 2.23. The molecule has 0 radical (unpaired) electrons. The van der Waals surface area contributed by atoms with Gasteiger partial charge in [0.25, 0.3) is 11.8 Å². The van der Waals surface area contributed by atoms with E-state index >= 15 is 0 Å². The Balaban J connectivity index is 2.28. The molecule has 1 unspecified atom stereocenters. The average molecular weight is 324 g/mol. The van der Waals surface area contributed by atoms with Gasteiger partial charge in [-0.25, -0.2) is 4.79 Å². The van der Waals surface area contributed by atoms with E-state index in [4.69, 9.17) is 5.11 Å². The Kier molecular flexibility index (Phi) is 8.01. The molecule has 3 amide bonds. The summed E-state index contributed by atoms with van der Waals surface area (Å²) in [6.45, 7) is 2.30. The molecule has 0 bridgehead atoms. The molecule has 0 saturated carbocycles. The second kappa shape index (κ2) is 9.76. The highest BCUT2D eigenvalue weighted by Crippen LogP contribution is 2.08. The summed E-state index contributed by atoms with van der Waals surface area (Å²) in [4.78, 5) is 46.7. The third-order valence-electron chi connectivity index (χ3n) is 3.67. The number of rotatable bonds is 11. The van der Waals surface area contributed by atoms with Crippen molar-refractivity contribution in [3.8, 4) is 0 Å². The van der Waals surface area contributed by atoms with Crippen LogP contribution in [0.15, 0.2) is 12.2 Å². The van der Waals surface area contributed by atoms with E-state index in [0.717, 1.165) is 24.2 Å². The van der Waals surface area contributed by atoms with E-state index in [0.29, 0.717) is 19.3 Å². The Hall–Kier alpha value is -2.18. The highest BCUT2D eigenvalue weighted by atomic mass is 16.4. The molecule has 0 aromatic carbocycles. The maximum atomic E-state index is 11.7. The Labute approximate surface area is 135 Å². The minimum atomic E-state index is -1.07. The van der Waals surface area contributed by atoms with Crippen molar-refractivity contribution in [3.05, 3.63) is 12.2 Å². The average Bonchev–Trinajstić information content (AvgIpc) is 2.81. The number of nitrogens with one attached hydrogen (secondary N) is 1. The van der Waals surface area contributed by atoms with Crippen molar-refractivity contribution < 1.29 is 24.3 Å². The third kappa shape index (κ3) is 6.63. The number of carboxylic acids is 1. The summed E-state index contributed by atoms with van der Waals surface area (Å²) in [6, 6.07) is -0.924. The van der Waals surface area contributed by atoms with Gasteiger partial charge in [0.2, 0.25) is 5.91 Å². The van der Waals surface area contributed by atoms with Crippen LogP contribution >= 0.6 is 0 Å². The van der Waals surface area contributed by atoms with E-state index in [1.165, 1.54) is 12.2 Å². The van der Waals surface area contributed by atoms with Crippen molar-refractivity contribution >= 4 is 23.7 Å². The molecule has 7 heteroatoms. The van der Waals surface area contributed by atoms with Crippen LogP contribution in [0, 0.1) is 0 Å². The predicted molar refractivity (Wildman–Crippen MR) is 83.4 cm³/mol. The Morgan fingerprint density at radius 3 is 2.35 bits per heavy atom. The van der Waals surface area contributed by atoms with Crippen molar-refractivity contribution in [3.63, 3.8) is 0 Å². The minimum Gasteiger partial charge on any atom is -0.480 e. The van der Waals surface area contributed by atoms with Crippen molar-refractivity contribution in [1.29, 1.82) is 0 Å². The van der Waals surface area contributed by atoms with E-state index in [1.54, 1.807) is 0 Å². The monoisotopic (exact) mass is 324 g/mol. The fourth-order valence-corrected chi connectivity index (χ4v) is 2.33. The van der Waals surface area contributed by atoms with Crippen LogP contribution in [0.1, 0.15) is 51.9 Å². The molecule has 0 aromatic heterocycles. The normalized spacial score (nSPS) is 15.1. The van der Waals surface area contributed by atoms with E-state index in [2.05, 4.69) is 5.32 Å². The zero-order valence-corrected chi connectivity index (χ0v) is 13.4. The van der Waals surface area contributed by atoms with Crippen molar-refractivity contribution in [2.24, 2.45) is 0 Å². The largest absolute Gasteiger partial charge is 0.480 e. The van der Waals surface area contributed by atoms with E-state index in [-0.39, 0.29) is 30.7 Å². The molecule has 7 nitrogen and oxygen atoms in total. The first-order chi connectivity index (χ1) is 11.0. The standard InChI is InChI=1S/C16H24N2O5/c1-2-3-4-8-13(19)17-12(16(22)23)7-5-6-11-18-14(20)9-10-15(18)21/h9-10,12H,2-8,11H2,1H3,(H,17,19)(H,22,23). The van der Waals surface area contributed by atoms with Crippen LogP contribution in [0.25, 0.3) is 0 Å². The lowest BCUT2D eigenvalue weighted by Gasteiger charge is -2.16. The van der Waals surface area contributed by atoms with Gasteiger partial charge in [-0.2, -0.15) is 0 Å². The molecule has 1 rings (SSSR count). The van der Waals surface area contributed by atoms with Crippen molar-refractivity contribution in [2.75, 3.05) is 6.54 Å². The van der Waals surface area contributed by atoms with Crippen LogP contribution in [0.4, 0.5) is 0 Å². The quantitative estimate of drug-likeness (QED) is 0.439. The number of carboxylic acid groups (broad SMARTS) is 1. The molecule has 128 valence electrons. The van der Waals surface area contributed by atoms with E-state index in [9.17, 15) is 19.2 Å². The second-order valence-corrected chi connectivity index (χ2v) is 5.57. The van der Waals surface area contributed by atoms with E-state index in [1.807, 2.05) is 6.92 Å². The molecule has 1 aliphatic heterocycles. The van der Waals surface area contributed by atoms with Crippen molar-refractivity contribution in [1.82, 2.24) is 10.2 Å². The van der Waals surface area contributed by atoms with Gasteiger partial charge in [0.1, 0.15) is 6.04 Å². The summed E-state index contributed by atoms with van der Waals surface area (Å²) < 4.78 is 0. The second-order valence-electron chi connectivity index (χ2n) is 5.57. The van der Waals surface area contributed by atoms with Gasteiger partial charge in [-0.15, -0.1) is 0 Å². The lowest BCUT2D eigenvalue weighted by Crippen LogP contribution is -2.40. The molecule has 0 aliphatic carbocycles. The molecule has 0 fully saturated rings. The van der Waals surface area contributed by atoms with Crippen LogP contribution in [0.3, 0.4) is 0 Å². The number of amides is 3. The zero-order chi connectivity index (χ0) is 17.2. The fourth-order valence-electron chi connectivity index (χ4n) is 2.33. The Morgan fingerprint density at radius 2 is 1.78 bits per heavy atom. The van der Waals surface area contributed by atoms with E-state index < -0.39 is 12.0 Å². The molecule has 0 aromatic rings. The highest BCUT2D eigenvalue weighted by molar-refractivity contribution is 6.12. The lowest BCUT2D eigenvalue weighted by atomic mass is 10.1. The van der Waals surface area contributed by atoms with Crippen LogP contribution in [0.2, 0.25) is 0 Å². The van der Waals surface area contributed by atoms with Gasteiger partial charge in [-0.3, -0.25) is 19.3 Å². The number of carbonyl (C=O) groups is 4. The number of aliphatic carboxylic acids is 1. The molecule has 23 heavy (non-hydrogen) atoms. The molecule has 1 heterocycles. The number of nitrogens with zero attached hydrogens (tertiary/aromatic N) is 1. The van der Waals surface area contributed by atoms with Crippen molar-refractivity contribution in [2.45, 2.75) is 57.9 Å².